The van der Waals surface area contributed by atoms with Crippen LogP contribution in [0.5, 0.6) is 5.75 Å². The lowest BCUT2D eigenvalue weighted by atomic mass is 9.76. The first-order chi connectivity index (χ1) is 20.1. The molecule has 4 rings (SSSR count). The highest BCUT2D eigenvalue weighted by molar-refractivity contribution is 5.94. The molecule has 222 valence electrons. The highest BCUT2D eigenvalue weighted by Crippen LogP contribution is 2.38. The number of para-hydroxylation sites is 1. The number of nitrogens with zero attached hydrogens (tertiary/aromatic N) is 2. The number of aromatic nitrogens is 2. The number of hydrogen-bond donors (Lipinski definition) is 1. The minimum atomic E-state index is -0.378. The van der Waals surface area contributed by atoms with E-state index in [9.17, 15) is 9.18 Å². The molecule has 0 saturated heterocycles. The maximum absolute atomic E-state index is 14.5. The summed E-state index contributed by atoms with van der Waals surface area (Å²) < 4.78 is 22.4. The molecule has 1 amide bonds. The van der Waals surface area contributed by atoms with Crippen molar-refractivity contribution < 1.29 is 13.9 Å². The molecule has 1 heterocycles. The Kier molecular flexibility index (Phi) is 9.87. The van der Waals surface area contributed by atoms with Crippen LogP contribution >= 0.6 is 0 Å². The number of benzene rings is 3. The van der Waals surface area contributed by atoms with Crippen LogP contribution in [-0.4, -0.2) is 28.8 Å². The summed E-state index contributed by atoms with van der Waals surface area (Å²) in [7, 11) is 0. The predicted molar refractivity (Wildman–Crippen MR) is 169 cm³/mol. The van der Waals surface area contributed by atoms with Crippen LogP contribution in [0.25, 0.3) is 16.9 Å². The Bertz CT molecular complexity index is 1490. The van der Waals surface area contributed by atoms with E-state index in [2.05, 4.69) is 70.2 Å². The normalized spacial score (nSPS) is 11.9. The zero-order valence-electron chi connectivity index (χ0n) is 25.8. The quantitative estimate of drug-likeness (QED) is 0.164. The second kappa shape index (κ2) is 13.4. The summed E-state index contributed by atoms with van der Waals surface area (Å²) in [6.45, 7) is 14.6. The van der Waals surface area contributed by atoms with Crippen molar-refractivity contribution in [1.82, 2.24) is 15.1 Å². The molecular formula is C36H44FN3O2. The van der Waals surface area contributed by atoms with Gasteiger partial charge in [0.2, 0.25) is 0 Å². The van der Waals surface area contributed by atoms with Crippen LogP contribution < -0.4 is 10.1 Å². The van der Waals surface area contributed by atoms with Gasteiger partial charge in [0.1, 0.15) is 17.3 Å². The standard InChI is InChI=1S/C36H44FN3O2/c1-7-35(3,4)26-20-21-33(29(24-26)36(5,6)8-2)42-23-15-14-22-38-34(41)32-25-31(28-18-12-13-19-30(28)37)39-40(32)27-16-10-9-11-17-27/h9-13,16-21,24-25H,7-8,14-15,22-23H2,1-6H3,(H,38,41). The van der Waals surface area contributed by atoms with Gasteiger partial charge in [-0.15, -0.1) is 0 Å². The Balaban J connectivity index is 1.39. The Labute approximate surface area is 250 Å². The van der Waals surface area contributed by atoms with Crippen molar-refractivity contribution in [1.29, 1.82) is 0 Å². The highest BCUT2D eigenvalue weighted by Gasteiger charge is 2.26. The fraction of sp³-hybridized carbons (Fsp3) is 0.389. The van der Waals surface area contributed by atoms with Crippen LogP contribution in [-0.2, 0) is 10.8 Å². The average Bonchev–Trinajstić information content (AvgIpc) is 3.45. The lowest BCUT2D eigenvalue weighted by Gasteiger charge is -2.30. The number of amides is 1. The Hall–Kier alpha value is -3.93. The van der Waals surface area contributed by atoms with Crippen LogP contribution in [0.3, 0.4) is 0 Å². The van der Waals surface area contributed by atoms with E-state index in [4.69, 9.17) is 4.74 Å². The van der Waals surface area contributed by atoms with Gasteiger partial charge in [0.05, 0.1) is 18.0 Å². The number of unbranched alkanes of at least 4 members (excludes halogenated alkanes) is 1. The molecule has 0 aliphatic carbocycles. The summed E-state index contributed by atoms with van der Waals surface area (Å²) in [6.07, 6.45) is 3.65. The smallest absolute Gasteiger partial charge is 0.270 e. The molecule has 0 radical (unpaired) electrons. The summed E-state index contributed by atoms with van der Waals surface area (Å²) in [4.78, 5) is 13.3. The molecule has 0 fully saturated rings. The van der Waals surface area contributed by atoms with E-state index < -0.39 is 0 Å². The number of carbonyl (C=O) groups is 1. The van der Waals surface area contributed by atoms with Gasteiger partial charge in [-0.3, -0.25) is 4.79 Å². The molecule has 0 unspecified atom stereocenters. The van der Waals surface area contributed by atoms with Gasteiger partial charge in [-0.05, 0) is 78.5 Å². The summed E-state index contributed by atoms with van der Waals surface area (Å²) in [5, 5.41) is 7.59. The predicted octanol–water partition coefficient (Wildman–Crippen LogP) is 8.64. The van der Waals surface area contributed by atoms with E-state index in [0.717, 1.165) is 37.1 Å². The van der Waals surface area contributed by atoms with Crippen molar-refractivity contribution in [2.75, 3.05) is 13.2 Å². The van der Waals surface area contributed by atoms with Crippen LogP contribution in [0.15, 0.2) is 78.9 Å². The summed E-state index contributed by atoms with van der Waals surface area (Å²) in [5.41, 5.74) is 4.56. The van der Waals surface area contributed by atoms with E-state index in [1.165, 1.54) is 17.2 Å². The average molecular weight is 570 g/mol. The van der Waals surface area contributed by atoms with E-state index in [1.54, 1.807) is 28.9 Å². The molecule has 42 heavy (non-hydrogen) atoms. The molecule has 3 aromatic carbocycles. The second-order valence-corrected chi connectivity index (χ2v) is 12.1. The van der Waals surface area contributed by atoms with Crippen molar-refractivity contribution in [2.45, 2.75) is 78.1 Å². The van der Waals surface area contributed by atoms with E-state index in [1.807, 2.05) is 30.3 Å². The van der Waals surface area contributed by atoms with Crippen LogP contribution in [0.4, 0.5) is 4.39 Å². The van der Waals surface area contributed by atoms with Gasteiger partial charge in [-0.1, -0.05) is 84.0 Å². The molecule has 0 bridgehead atoms. The fourth-order valence-electron chi connectivity index (χ4n) is 4.81. The van der Waals surface area contributed by atoms with Gasteiger partial charge in [0.15, 0.2) is 0 Å². The monoisotopic (exact) mass is 569 g/mol. The highest BCUT2D eigenvalue weighted by atomic mass is 19.1. The third-order valence-corrected chi connectivity index (χ3v) is 8.46. The second-order valence-electron chi connectivity index (χ2n) is 12.1. The molecule has 0 spiro atoms. The first kappa shape index (κ1) is 31.0. The number of nitrogens with one attached hydrogen (secondary N) is 1. The molecule has 0 saturated carbocycles. The van der Waals surface area contributed by atoms with Crippen LogP contribution in [0.1, 0.15) is 88.8 Å². The van der Waals surface area contributed by atoms with Gasteiger partial charge < -0.3 is 10.1 Å². The minimum absolute atomic E-state index is 0.00631. The maximum atomic E-state index is 14.5. The third-order valence-electron chi connectivity index (χ3n) is 8.46. The lowest BCUT2D eigenvalue weighted by Crippen LogP contribution is -2.27. The zero-order chi connectivity index (χ0) is 30.3. The number of hydrogen-bond acceptors (Lipinski definition) is 3. The summed E-state index contributed by atoms with van der Waals surface area (Å²) in [6, 6.07) is 24.2. The van der Waals surface area contributed by atoms with Gasteiger partial charge in [-0.25, -0.2) is 9.07 Å². The van der Waals surface area contributed by atoms with Crippen LogP contribution in [0, 0.1) is 5.82 Å². The molecule has 0 atom stereocenters. The van der Waals surface area contributed by atoms with E-state index in [-0.39, 0.29) is 22.6 Å². The van der Waals surface area contributed by atoms with Crippen molar-refractivity contribution in [3.63, 3.8) is 0 Å². The molecule has 6 heteroatoms. The minimum Gasteiger partial charge on any atom is -0.493 e. The third kappa shape index (κ3) is 7.10. The molecule has 1 N–H and O–H groups in total. The molecule has 4 aromatic rings. The number of ether oxygens (including phenoxy) is 1. The number of halogens is 1. The molecule has 5 nitrogen and oxygen atoms in total. The Morgan fingerprint density at radius 2 is 1.57 bits per heavy atom. The van der Waals surface area contributed by atoms with Gasteiger partial charge in [0.25, 0.3) is 5.91 Å². The molecule has 0 aliphatic heterocycles. The molecular weight excluding hydrogens is 525 g/mol. The van der Waals surface area contributed by atoms with Crippen LogP contribution in [0.2, 0.25) is 0 Å². The Morgan fingerprint density at radius 1 is 0.881 bits per heavy atom. The van der Waals surface area contributed by atoms with Gasteiger partial charge in [-0.2, -0.15) is 5.10 Å². The van der Waals surface area contributed by atoms with Crippen molar-refractivity contribution in [3.8, 4) is 22.7 Å². The SMILES string of the molecule is CCC(C)(C)c1ccc(OCCCCNC(=O)c2cc(-c3ccccc3F)nn2-c2ccccc2)c(C(C)(C)CC)c1. The molecule has 1 aromatic heterocycles. The maximum Gasteiger partial charge on any atom is 0.270 e. The number of carbonyl (C=O) groups excluding carboxylic acids is 1. The number of rotatable bonds is 13. The van der Waals surface area contributed by atoms with Gasteiger partial charge >= 0.3 is 0 Å². The van der Waals surface area contributed by atoms with E-state index in [0.29, 0.717) is 30.1 Å². The topological polar surface area (TPSA) is 56.1 Å². The first-order valence-corrected chi connectivity index (χ1v) is 15.0. The first-order valence-electron chi connectivity index (χ1n) is 15.0. The largest absolute Gasteiger partial charge is 0.493 e. The zero-order valence-corrected chi connectivity index (χ0v) is 25.8. The fourth-order valence-corrected chi connectivity index (χ4v) is 4.81. The van der Waals surface area contributed by atoms with Crippen molar-refractivity contribution >= 4 is 5.91 Å². The van der Waals surface area contributed by atoms with Crippen molar-refractivity contribution in [2.24, 2.45) is 0 Å². The summed E-state index contributed by atoms with van der Waals surface area (Å²) >= 11 is 0. The Morgan fingerprint density at radius 3 is 2.26 bits per heavy atom. The molecule has 0 aliphatic rings. The van der Waals surface area contributed by atoms with Crippen molar-refractivity contribution in [3.05, 3.63) is 102 Å². The van der Waals surface area contributed by atoms with E-state index >= 15 is 0 Å². The summed E-state index contributed by atoms with van der Waals surface area (Å²) in [5.74, 6) is 0.307. The lowest BCUT2D eigenvalue weighted by molar-refractivity contribution is 0.0944. The van der Waals surface area contributed by atoms with Gasteiger partial charge in [0, 0.05) is 17.7 Å².